The smallest absolute Gasteiger partial charge is 0.314 e. The molecule has 1 aromatic carbocycles. The molecule has 0 bridgehead atoms. The number of rotatable bonds is 4. The summed E-state index contributed by atoms with van der Waals surface area (Å²) >= 11 is 0. The largest absolute Gasteiger partial charge is 0.362 e. The number of nitrogens with zero attached hydrogens (tertiary/aromatic N) is 2. The molecule has 2 aromatic heterocycles. The summed E-state index contributed by atoms with van der Waals surface area (Å²) in [6, 6.07) is 9.52. The molecule has 25 heavy (non-hydrogen) atoms. The van der Waals surface area contributed by atoms with Gasteiger partial charge in [-0.1, -0.05) is 40.6 Å². The second-order valence-corrected chi connectivity index (χ2v) is 5.43. The summed E-state index contributed by atoms with van der Waals surface area (Å²) in [5, 5.41) is 12.4. The highest BCUT2D eigenvalue weighted by atomic mass is 16.5. The standard InChI is InChI=1S/C17H16N4O4/c1-10-9-24-21-15(10)19-17(23)16(22)18-8-13-11(2)14(25-20-13)12-6-4-3-5-7-12/h3-7,9H,8H2,1-2H3,(H,18,22)(H,19,21,23). The van der Waals surface area contributed by atoms with Gasteiger partial charge in [0.2, 0.25) is 0 Å². The van der Waals surface area contributed by atoms with Crippen LogP contribution >= 0.6 is 0 Å². The number of anilines is 1. The Morgan fingerprint density at radius 2 is 1.84 bits per heavy atom. The number of hydrogen-bond donors (Lipinski definition) is 2. The van der Waals surface area contributed by atoms with E-state index in [1.165, 1.54) is 6.26 Å². The maximum atomic E-state index is 11.9. The van der Waals surface area contributed by atoms with Crippen LogP contribution in [-0.4, -0.2) is 22.1 Å². The molecule has 0 aliphatic carbocycles. The molecule has 3 rings (SSSR count). The third-order valence-electron chi connectivity index (χ3n) is 3.66. The average Bonchev–Trinajstić information content (AvgIpc) is 3.19. The third-order valence-corrected chi connectivity index (χ3v) is 3.66. The van der Waals surface area contributed by atoms with Crippen LogP contribution in [0, 0.1) is 13.8 Å². The topological polar surface area (TPSA) is 110 Å². The molecule has 0 aliphatic rings. The van der Waals surface area contributed by atoms with E-state index < -0.39 is 11.8 Å². The summed E-state index contributed by atoms with van der Waals surface area (Å²) in [7, 11) is 0. The van der Waals surface area contributed by atoms with Crippen LogP contribution in [-0.2, 0) is 16.1 Å². The zero-order chi connectivity index (χ0) is 17.8. The van der Waals surface area contributed by atoms with Crippen molar-refractivity contribution in [2.75, 3.05) is 5.32 Å². The van der Waals surface area contributed by atoms with Crippen molar-refractivity contribution < 1.29 is 18.6 Å². The molecule has 2 heterocycles. The molecule has 0 atom stereocenters. The van der Waals surface area contributed by atoms with Crippen molar-refractivity contribution in [2.45, 2.75) is 20.4 Å². The SMILES string of the molecule is Cc1conc1NC(=O)C(=O)NCc1noc(-c2ccccc2)c1C. The first-order chi connectivity index (χ1) is 12.1. The number of amides is 2. The van der Waals surface area contributed by atoms with Gasteiger partial charge in [0, 0.05) is 16.7 Å². The zero-order valence-corrected chi connectivity index (χ0v) is 13.7. The fraction of sp³-hybridized carbons (Fsp3) is 0.176. The van der Waals surface area contributed by atoms with Crippen LogP contribution < -0.4 is 10.6 Å². The minimum atomic E-state index is -0.832. The Morgan fingerprint density at radius 3 is 2.52 bits per heavy atom. The molecule has 3 aromatic rings. The molecule has 128 valence electrons. The third kappa shape index (κ3) is 3.57. The minimum absolute atomic E-state index is 0.0756. The van der Waals surface area contributed by atoms with Gasteiger partial charge in [-0.15, -0.1) is 0 Å². The number of carbonyl (C=O) groups is 2. The summed E-state index contributed by atoms with van der Waals surface area (Å²) in [5.41, 5.74) is 2.88. The van der Waals surface area contributed by atoms with E-state index in [0.29, 0.717) is 17.0 Å². The highest BCUT2D eigenvalue weighted by molar-refractivity contribution is 6.39. The fourth-order valence-corrected chi connectivity index (χ4v) is 2.21. The molecule has 2 amide bonds. The van der Waals surface area contributed by atoms with E-state index in [4.69, 9.17) is 9.05 Å². The molecule has 2 N–H and O–H groups in total. The number of hydrogen-bond acceptors (Lipinski definition) is 6. The lowest BCUT2D eigenvalue weighted by Crippen LogP contribution is -2.35. The molecule has 0 unspecified atom stereocenters. The monoisotopic (exact) mass is 340 g/mol. The van der Waals surface area contributed by atoms with Crippen molar-refractivity contribution in [3.63, 3.8) is 0 Å². The molecule has 0 fully saturated rings. The Balaban J connectivity index is 1.62. The predicted octanol–water partition coefficient (Wildman–Crippen LogP) is 2.20. The van der Waals surface area contributed by atoms with Gasteiger partial charge in [-0.3, -0.25) is 14.9 Å². The van der Waals surface area contributed by atoms with Gasteiger partial charge in [0.1, 0.15) is 12.0 Å². The van der Waals surface area contributed by atoms with Crippen molar-refractivity contribution in [3.8, 4) is 11.3 Å². The Hall–Kier alpha value is -3.42. The normalized spacial score (nSPS) is 10.5. The van der Waals surface area contributed by atoms with E-state index in [9.17, 15) is 9.59 Å². The van der Waals surface area contributed by atoms with Crippen molar-refractivity contribution in [1.29, 1.82) is 0 Å². The van der Waals surface area contributed by atoms with Crippen LogP contribution in [0.2, 0.25) is 0 Å². The van der Waals surface area contributed by atoms with Gasteiger partial charge in [-0.05, 0) is 13.8 Å². The first kappa shape index (κ1) is 16.4. The first-order valence-corrected chi connectivity index (χ1v) is 7.57. The van der Waals surface area contributed by atoms with Gasteiger partial charge in [-0.2, -0.15) is 0 Å². The molecule has 0 spiro atoms. The summed E-state index contributed by atoms with van der Waals surface area (Å²) in [4.78, 5) is 23.7. The summed E-state index contributed by atoms with van der Waals surface area (Å²) in [6.07, 6.45) is 1.37. The Labute approximate surface area is 143 Å². The number of nitrogens with one attached hydrogen (secondary N) is 2. The van der Waals surface area contributed by atoms with Crippen molar-refractivity contribution in [3.05, 3.63) is 53.4 Å². The molecular formula is C17H16N4O4. The van der Waals surface area contributed by atoms with Gasteiger partial charge in [0.25, 0.3) is 0 Å². The van der Waals surface area contributed by atoms with Crippen LogP contribution in [0.4, 0.5) is 5.82 Å². The second-order valence-electron chi connectivity index (χ2n) is 5.43. The van der Waals surface area contributed by atoms with Crippen LogP contribution in [0.1, 0.15) is 16.8 Å². The molecule has 0 saturated heterocycles. The summed E-state index contributed by atoms with van der Waals surface area (Å²) < 4.78 is 10.0. The van der Waals surface area contributed by atoms with E-state index >= 15 is 0 Å². The number of aryl methyl sites for hydroxylation is 1. The second kappa shape index (κ2) is 7.00. The quantitative estimate of drug-likeness (QED) is 0.705. The Morgan fingerprint density at radius 1 is 1.08 bits per heavy atom. The van der Waals surface area contributed by atoms with Gasteiger partial charge >= 0.3 is 11.8 Å². The van der Waals surface area contributed by atoms with E-state index in [1.54, 1.807) is 6.92 Å². The number of benzene rings is 1. The molecular weight excluding hydrogens is 324 g/mol. The van der Waals surface area contributed by atoms with Crippen molar-refractivity contribution in [2.24, 2.45) is 0 Å². The van der Waals surface area contributed by atoms with Crippen molar-refractivity contribution >= 4 is 17.6 Å². The molecule has 0 aliphatic heterocycles. The number of carbonyl (C=O) groups excluding carboxylic acids is 2. The van der Waals surface area contributed by atoms with E-state index in [2.05, 4.69) is 20.9 Å². The lowest BCUT2D eigenvalue weighted by Gasteiger charge is -2.04. The van der Waals surface area contributed by atoms with Gasteiger partial charge in [-0.25, -0.2) is 0 Å². The van der Waals surface area contributed by atoms with E-state index in [0.717, 1.165) is 11.1 Å². The lowest BCUT2D eigenvalue weighted by molar-refractivity contribution is -0.136. The average molecular weight is 340 g/mol. The maximum Gasteiger partial charge on any atom is 0.314 e. The highest BCUT2D eigenvalue weighted by Gasteiger charge is 2.19. The molecule has 8 heteroatoms. The molecule has 0 radical (unpaired) electrons. The molecule has 0 saturated carbocycles. The Bertz CT molecular complexity index is 899. The number of aromatic nitrogens is 2. The van der Waals surface area contributed by atoms with Crippen LogP contribution in [0.5, 0.6) is 0 Å². The summed E-state index contributed by atoms with van der Waals surface area (Å²) in [6.45, 7) is 3.62. The van der Waals surface area contributed by atoms with E-state index in [-0.39, 0.29) is 12.4 Å². The van der Waals surface area contributed by atoms with Crippen LogP contribution in [0.3, 0.4) is 0 Å². The lowest BCUT2D eigenvalue weighted by atomic mass is 10.1. The Kier molecular flexibility index (Phi) is 4.60. The maximum absolute atomic E-state index is 11.9. The first-order valence-electron chi connectivity index (χ1n) is 7.57. The predicted molar refractivity (Wildman–Crippen MR) is 88.4 cm³/mol. The van der Waals surface area contributed by atoms with Gasteiger partial charge in [0.05, 0.1) is 6.54 Å². The minimum Gasteiger partial charge on any atom is -0.362 e. The van der Waals surface area contributed by atoms with Gasteiger partial charge in [0.15, 0.2) is 11.6 Å². The van der Waals surface area contributed by atoms with Gasteiger partial charge < -0.3 is 14.4 Å². The fourth-order valence-electron chi connectivity index (χ4n) is 2.21. The molecule has 8 nitrogen and oxygen atoms in total. The highest BCUT2D eigenvalue weighted by Crippen LogP contribution is 2.25. The van der Waals surface area contributed by atoms with Crippen LogP contribution in [0.15, 0.2) is 45.6 Å². The van der Waals surface area contributed by atoms with E-state index in [1.807, 2.05) is 37.3 Å². The van der Waals surface area contributed by atoms with Crippen molar-refractivity contribution in [1.82, 2.24) is 15.6 Å². The zero-order valence-electron chi connectivity index (χ0n) is 13.7. The van der Waals surface area contributed by atoms with Crippen LogP contribution in [0.25, 0.3) is 11.3 Å². The summed E-state index contributed by atoms with van der Waals surface area (Å²) in [5.74, 6) is -0.788.